The molecule has 2 aromatic heterocycles. The van der Waals surface area contributed by atoms with Crippen LogP contribution in [-0.4, -0.2) is 95.0 Å². The van der Waals surface area contributed by atoms with Crippen molar-refractivity contribution in [1.82, 2.24) is 24.3 Å². The van der Waals surface area contributed by atoms with Gasteiger partial charge in [-0.05, 0) is 42.8 Å². The molecule has 3 amide bonds. The number of fused-ring (bicyclic) bond motifs is 1. The van der Waals surface area contributed by atoms with Crippen LogP contribution in [0.3, 0.4) is 0 Å². The van der Waals surface area contributed by atoms with Crippen LogP contribution in [-0.2, 0) is 20.9 Å². The number of likely N-dealkylation sites (N-methyl/N-ethyl adjacent to an activating group) is 1. The summed E-state index contributed by atoms with van der Waals surface area (Å²) in [6.45, 7) is -0.0244. The van der Waals surface area contributed by atoms with Gasteiger partial charge in [-0.25, -0.2) is 14.2 Å². The summed E-state index contributed by atoms with van der Waals surface area (Å²) < 4.78 is 19.9. The Morgan fingerprint density at radius 2 is 1.97 bits per heavy atom. The number of carbonyl (C=O) groups is 3. The average Bonchev–Trinajstić information content (AvgIpc) is 3.25. The van der Waals surface area contributed by atoms with E-state index in [1.54, 1.807) is 0 Å². The lowest BCUT2D eigenvalue weighted by Gasteiger charge is -2.32. The van der Waals surface area contributed by atoms with Crippen molar-refractivity contribution in [2.24, 2.45) is 0 Å². The lowest BCUT2D eigenvalue weighted by molar-refractivity contribution is -0.133. The van der Waals surface area contributed by atoms with E-state index in [4.69, 9.17) is 12.6 Å². The molecule has 39 heavy (non-hydrogen) atoms. The number of benzene rings is 1. The van der Waals surface area contributed by atoms with Gasteiger partial charge in [0.05, 0.1) is 23.1 Å². The summed E-state index contributed by atoms with van der Waals surface area (Å²) in [5.74, 6) is -1.54. The molecule has 3 aromatic rings. The van der Waals surface area contributed by atoms with E-state index in [9.17, 15) is 28.7 Å². The number of imidazole rings is 1. The van der Waals surface area contributed by atoms with Gasteiger partial charge in [0.1, 0.15) is 25.2 Å². The van der Waals surface area contributed by atoms with Crippen LogP contribution >= 0.6 is 0 Å². The molecule has 204 valence electrons. The van der Waals surface area contributed by atoms with Crippen molar-refractivity contribution in [2.75, 3.05) is 33.5 Å². The molecule has 14 heteroatoms. The highest BCUT2D eigenvalue weighted by Gasteiger charge is 2.40. The molecule has 0 saturated carbocycles. The number of nitrogens with one attached hydrogen (secondary N) is 2. The lowest BCUT2D eigenvalue weighted by Crippen LogP contribution is -2.53. The summed E-state index contributed by atoms with van der Waals surface area (Å²) in [6, 6.07) is 6.85. The highest BCUT2D eigenvalue weighted by Crippen LogP contribution is 2.19. The monoisotopic (exact) mass is 538 g/mol. The largest absolute Gasteiger partial charge is 0.434 e. The summed E-state index contributed by atoms with van der Waals surface area (Å²) >= 11 is 0. The van der Waals surface area contributed by atoms with Crippen molar-refractivity contribution in [3.8, 4) is 0 Å². The Bertz CT molecular complexity index is 1460. The summed E-state index contributed by atoms with van der Waals surface area (Å²) in [4.78, 5) is 59.8. The van der Waals surface area contributed by atoms with Crippen LogP contribution in [0.25, 0.3) is 11.0 Å². The number of carbonyl (C=O) groups excluding carboxylic acids is 3. The normalized spacial score (nSPS) is 13.6. The lowest BCUT2D eigenvalue weighted by atomic mass is 9.73. The maximum absolute atomic E-state index is 13.5. The third kappa shape index (κ3) is 7.32. The van der Waals surface area contributed by atoms with Gasteiger partial charge in [0.25, 0.3) is 11.5 Å². The number of pyridine rings is 1. The second kappa shape index (κ2) is 11.9. The maximum atomic E-state index is 13.5. The van der Waals surface area contributed by atoms with E-state index < -0.39 is 47.3 Å². The molecule has 2 unspecified atom stereocenters. The first-order valence-electron chi connectivity index (χ1n) is 11.7. The fourth-order valence-corrected chi connectivity index (χ4v) is 3.42. The van der Waals surface area contributed by atoms with Gasteiger partial charge in [0, 0.05) is 34.4 Å². The van der Waals surface area contributed by atoms with Gasteiger partial charge in [-0.1, -0.05) is 6.08 Å². The number of H-pyrrole nitrogens is 1. The van der Waals surface area contributed by atoms with Crippen molar-refractivity contribution in [2.45, 2.75) is 24.6 Å². The highest BCUT2D eigenvalue weighted by molar-refractivity contribution is 6.18. The number of aliphatic hydroxyl groups is 1. The van der Waals surface area contributed by atoms with Crippen molar-refractivity contribution < 1.29 is 28.6 Å². The minimum Gasteiger partial charge on any atom is -0.434 e. The summed E-state index contributed by atoms with van der Waals surface area (Å²) in [5.41, 5.74) is -2.29. The second-order valence-corrected chi connectivity index (χ2v) is 9.18. The number of aromatic nitrogens is 3. The van der Waals surface area contributed by atoms with Gasteiger partial charge in [-0.2, -0.15) is 0 Å². The molecular weight excluding hydrogens is 510 g/mol. The van der Waals surface area contributed by atoms with E-state index in [1.807, 2.05) is 0 Å². The highest BCUT2D eigenvalue weighted by atomic mass is 19.1. The van der Waals surface area contributed by atoms with Crippen LogP contribution < -0.4 is 10.9 Å². The fourth-order valence-electron chi connectivity index (χ4n) is 3.42. The number of anilines is 1. The molecule has 0 fully saturated rings. The Balaban J connectivity index is 1.84. The van der Waals surface area contributed by atoms with E-state index in [0.717, 1.165) is 11.0 Å². The third-order valence-electron chi connectivity index (χ3n) is 5.51. The first-order chi connectivity index (χ1) is 18.3. The molecule has 3 N–H and O–H groups in total. The maximum Gasteiger partial charge on any atom is 0.410 e. The van der Waals surface area contributed by atoms with Crippen LogP contribution in [0.1, 0.15) is 12.2 Å². The molecule has 0 aliphatic heterocycles. The molecule has 12 nitrogen and oxygen atoms in total. The van der Waals surface area contributed by atoms with Gasteiger partial charge >= 0.3 is 6.09 Å². The Morgan fingerprint density at radius 1 is 1.26 bits per heavy atom. The molecule has 3 rings (SSSR count). The zero-order valence-electron chi connectivity index (χ0n) is 21.8. The van der Waals surface area contributed by atoms with Gasteiger partial charge in [-0.15, -0.1) is 0 Å². The van der Waals surface area contributed by atoms with E-state index in [1.165, 1.54) is 80.3 Å². The summed E-state index contributed by atoms with van der Waals surface area (Å²) in [7, 11) is 11.7. The molecular formula is C25H28BFN6O6. The predicted octanol–water partition coefficient (Wildman–Crippen LogP) is 0.809. The number of halogens is 1. The number of aromatic amines is 1. The van der Waals surface area contributed by atoms with Crippen molar-refractivity contribution in [3.63, 3.8) is 0 Å². The first-order valence-corrected chi connectivity index (χ1v) is 11.7. The van der Waals surface area contributed by atoms with Crippen LogP contribution in [0.2, 0.25) is 0 Å². The Kier molecular flexibility index (Phi) is 8.91. The second-order valence-electron chi connectivity index (χ2n) is 9.18. The van der Waals surface area contributed by atoms with E-state index in [-0.39, 0.29) is 12.2 Å². The van der Waals surface area contributed by atoms with Crippen LogP contribution in [0.15, 0.2) is 53.5 Å². The smallest absolute Gasteiger partial charge is 0.410 e. The minimum atomic E-state index is -2.43. The van der Waals surface area contributed by atoms with Crippen LogP contribution in [0, 0.1) is 5.82 Å². The number of ether oxygens (including phenoxy) is 1. The molecule has 0 spiro atoms. The number of hydrogen-bond donors (Lipinski definition) is 3. The average molecular weight is 538 g/mol. The standard InChI is InChI=1S/C25H28BFN6O6/c1-31(2)20(34)8-5-11-25(26,38)21(39-24(37)32(3)4)22(35)30-17-7-6-12-33(23(17)36)14-19-28-16-10-9-15(27)13-18(16)29-19/h5-10,12-13,21,38H,11,14H2,1-4H3,(H,28,29)(H,30,35)/b8-5+. The van der Waals surface area contributed by atoms with E-state index in [2.05, 4.69) is 15.3 Å². The SMILES string of the molecule is [B]C(O)(C/C=C/C(=O)N(C)C)C(OC(=O)N(C)C)C(=O)Nc1cccn(Cc2nc3ccc(F)cc3[nH]2)c1=O. The van der Waals surface area contributed by atoms with Gasteiger partial charge < -0.3 is 34.5 Å². The van der Waals surface area contributed by atoms with Crippen molar-refractivity contribution >= 4 is 42.5 Å². The van der Waals surface area contributed by atoms with Crippen LogP contribution in [0.5, 0.6) is 0 Å². The van der Waals surface area contributed by atoms with Crippen LogP contribution in [0.4, 0.5) is 14.9 Å². The molecule has 0 aliphatic carbocycles. The molecule has 0 aliphatic rings. The molecule has 2 atom stereocenters. The predicted molar refractivity (Wildman–Crippen MR) is 142 cm³/mol. The van der Waals surface area contributed by atoms with Crippen molar-refractivity contribution in [1.29, 1.82) is 0 Å². The topological polar surface area (TPSA) is 150 Å². The zero-order chi connectivity index (χ0) is 28.9. The Morgan fingerprint density at radius 3 is 2.64 bits per heavy atom. The quantitative estimate of drug-likeness (QED) is 0.270. The first kappa shape index (κ1) is 29.1. The van der Waals surface area contributed by atoms with Crippen molar-refractivity contribution in [3.05, 3.63) is 70.7 Å². The molecule has 2 radical (unpaired) electrons. The molecule has 1 aromatic carbocycles. The fraction of sp³-hybridized carbons (Fsp3) is 0.320. The van der Waals surface area contributed by atoms with Gasteiger partial charge in [0.2, 0.25) is 12.0 Å². The van der Waals surface area contributed by atoms with Gasteiger partial charge in [0.15, 0.2) is 0 Å². The number of hydrogen-bond acceptors (Lipinski definition) is 7. The summed E-state index contributed by atoms with van der Waals surface area (Å²) in [6.07, 6.45) is 0.478. The molecule has 0 bridgehead atoms. The summed E-state index contributed by atoms with van der Waals surface area (Å²) in [5, 5.41) is 13.2. The third-order valence-corrected chi connectivity index (χ3v) is 5.51. The zero-order valence-corrected chi connectivity index (χ0v) is 21.8. The molecule has 0 saturated heterocycles. The van der Waals surface area contributed by atoms with E-state index >= 15 is 0 Å². The molecule has 2 heterocycles. The minimum absolute atomic E-state index is 0.0244. The number of nitrogens with zero attached hydrogens (tertiary/aromatic N) is 4. The number of amides is 3. The Labute approximate surface area is 224 Å². The Hall–Kier alpha value is -4.46. The van der Waals surface area contributed by atoms with Gasteiger partial charge in [-0.3, -0.25) is 14.4 Å². The number of rotatable bonds is 9. The van der Waals surface area contributed by atoms with E-state index in [0.29, 0.717) is 16.9 Å².